The number of anilines is 1. The molecule has 5 heteroatoms. The minimum absolute atomic E-state index is 0.101. The van der Waals surface area contributed by atoms with Crippen LogP contribution < -0.4 is 16.0 Å². The van der Waals surface area contributed by atoms with Crippen LogP contribution in [0.25, 0.3) is 0 Å². The maximum Gasteiger partial charge on any atom is 0.253 e. The van der Waals surface area contributed by atoms with Gasteiger partial charge < -0.3 is 16.0 Å². The Morgan fingerprint density at radius 1 is 1.11 bits per heavy atom. The van der Waals surface area contributed by atoms with Crippen LogP contribution in [-0.4, -0.2) is 30.9 Å². The van der Waals surface area contributed by atoms with E-state index in [4.69, 9.17) is 0 Å². The van der Waals surface area contributed by atoms with Crippen LogP contribution in [0.3, 0.4) is 0 Å². The lowest BCUT2D eigenvalue weighted by molar-refractivity contribution is -0.118. The highest BCUT2D eigenvalue weighted by molar-refractivity contribution is 5.99. The molecule has 104 valence electrons. The molecular weight excluding hydrogens is 242 g/mol. The normalized spacial score (nSPS) is 10.1. The zero-order valence-electron chi connectivity index (χ0n) is 11.6. The predicted octanol–water partition coefficient (Wildman–Crippen LogP) is 1.37. The SMILES string of the molecule is CC(=O)NCCNC(=O)c1ccccc1NC(C)C. The molecule has 0 aromatic heterocycles. The Morgan fingerprint density at radius 3 is 2.37 bits per heavy atom. The largest absolute Gasteiger partial charge is 0.382 e. The van der Waals surface area contributed by atoms with Crippen LogP contribution in [0, 0.1) is 0 Å². The number of nitrogens with one attached hydrogen (secondary N) is 3. The van der Waals surface area contributed by atoms with E-state index in [1.807, 2.05) is 32.0 Å². The number of rotatable bonds is 6. The predicted molar refractivity (Wildman–Crippen MR) is 76.2 cm³/mol. The molecule has 0 heterocycles. The van der Waals surface area contributed by atoms with Crippen LogP contribution >= 0.6 is 0 Å². The Labute approximate surface area is 113 Å². The first-order chi connectivity index (χ1) is 9.00. The van der Waals surface area contributed by atoms with Gasteiger partial charge in [0, 0.05) is 31.7 Å². The molecule has 0 aliphatic carbocycles. The highest BCUT2D eigenvalue weighted by atomic mass is 16.2. The smallest absolute Gasteiger partial charge is 0.253 e. The van der Waals surface area contributed by atoms with E-state index >= 15 is 0 Å². The third-order valence-corrected chi connectivity index (χ3v) is 2.40. The molecule has 0 atom stereocenters. The first-order valence-corrected chi connectivity index (χ1v) is 6.39. The van der Waals surface area contributed by atoms with Crippen LogP contribution in [0.1, 0.15) is 31.1 Å². The van der Waals surface area contributed by atoms with Crippen LogP contribution in [0.4, 0.5) is 5.69 Å². The quantitative estimate of drug-likeness (QED) is 0.679. The van der Waals surface area contributed by atoms with Crippen molar-refractivity contribution in [2.45, 2.75) is 26.8 Å². The van der Waals surface area contributed by atoms with E-state index in [1.54, 1.807) is 6.07 Å². The monoisotopic (exact) mass is 263 g/mol. The van der Waals surface area contributed by atoms with Crippen molar-refractivity contribution in [2.24, 2.45) is 0 Å². The molecular formula is C14H21N3O2. The summed E-state index contributed by atoms with van der Waals surface area (Å²) in [7, 11) is 0. The minimum Gasteiger partial charge on any atom is -0.382 e. The Bertz CT molecular complexity index is 444. The molecule has 1 aromatic carbocycles. The van der Waals surface area contributed by atoms with Crippen molar-refractivity contribution in [2.75, 3.05) is 18.4 Å². The molecule has 1 rings (SSSR count). The van der Waals surface area contributed by atoms with E-state index < -0.39 is 0 Å². The molecule has 1 aromatic rings. The summed E-state index contributed by atoms with van der Waals surface area (Å²) in [5.41, 5.74) is 1.42. The maximum absolute atomic E-state index is 12.0. The Kier molecular flexibility index (Phi) is 5.85. The zero-order valence-corrected chi connectivity index (χ0v) is 11.6. The molecule has 3 N–H and O–H groups in total. The van der Waals surface area contributed by atoms with Gasteiger partial charge in [-0.25, -0.2) is 0 Å². The summed E-state index contributed by atoms with van der Waals surface area (Å²) in [6.07, 6.45) is 0. The average molecular weight is 263 g/mol. The topological polar surface area (TPSA) is 70.2 Å². The second-order valence-corrected chi connectivity index (χ2v) is 4.58. The second kappa shape index (κ2) is 7.41. The number of carbonyl (C=O) groups is 2. The molecule has 0 saturated heterocycles. The third-order valence-electron chi connectivity index (χ3n) is 2.40. The van der Waals surface area contributed by atoms with Gasteiger partial charge in [0.25, 0.3) is 5.91 Å². The molecule has 0 radical (unpaired) electrons. The number of para-hydroxylation sites is 1. The van der Waals surface area contributed by atoms with Gasteiger partial charge in [-0.3, -0.25) is 9.59 Å². The summed E-state index contributed by atoms with van der Waals surface area (Å²) in [6, 6.07) is 7.63. The van der Waals surface area contributed by atoms with Gasteiger partial charge in [0.05, 0.1) is 5.56 Å². The first kappa shape index (κ1) is 15.0. The van der Waals surface area contributed by atoms with E-state index in [0.717, 1.165) is 5.69 Å². The van der Waals surface area contributed by atoms with Crippen LogP contribution in [0.2, 0.25) is 0 Å². The van der Waals surface area contributed by atoms with E-state index in [1.165, 1.54) is 6.92 Å². The van der Waals surface area contributed by atoms with Crippen molar-refractivity contribution in [1.29, 1.82) is 0 Å². The number of carbonyl (C=O) groups excluding carboxylic acids is 2. The van der Waals surface area contributed by atoms with Gasteiger partial charge in [-0.15, -0.1) is 0 Å². The molecule has 0 spiro atoms. The Hall–Kier alpha value is -2.04. The van der Waals surface area contributed by atoms with Crippen molar-refractivity contribution >= 4 is 17.5 Å². The van der Waals surface area contributed by atoms with E-state index in [-0.39, 0.29) is 17.9 Å². The second-order valence-electron chi connectivity index (χ2n) is 4.58. The van der Waals surface area contributed by atoms with Gasteiger partial charge in [0.1, 0.15) is 0 Å². The molecule has 0 aliphatic heterocycles. The molecule has 0 fully saturated rings. The van der Waals surface area contributed by atoms with Gasteiger partial charge in [0.2, 0.25) is 5.91 Å². The Balaban J connectivity index is 2.58. The lowest BCUT2D eigenvalue weighted by atomic mass is 10.1. The Morgan fingerprint density at radius 2 is 1.74 bits per heavy atom. The van der Waals surface area contributed by atoms with Gasteiger partial charge in [-0.05, 0) is 26.0 Å². The standard InChI is InChI=1S/C14H21N3O2/c1-10(2)17-13-7-5-4-6-12(13)14(19)16-9-8-15-11(3)18/h4-7,10,17H,8-9H2,1-3H3,(H,15,18)(H,16,19). The maximum atomic E-state index is 12.0. The van der Waals surface area contributed by atoms with E-state index in [0.29, 0.717) is 18.7 Å². The summed E-state index contributed by atoms with van der Waals surface area (Å²) in [6.45, 7) is 6.33. The molecule has 0 saturated carbocycles. The fourth-order valence-electron chi connectivity index (χ4n) is 1.63. The summed E-state index contributed by atoms with van der Waals surface area (Å²) in [5, 5.41) is 8.64. The zero-order chi connectivity index (χ0) is 14.3. The first-order valence-electron chi connectivity index (χ1n) is 6.39. The summed E-state index contributed by atoms with van der Waals surface area (Å²) < 4.78 is 0. The third kappa shape index (κ3) is 5.42. The lowest BCUT2D eigenvalue weighted by Gasteiger charge is -2.14. The average Bonchev–Trinajstić information content (AvgIpc) is 2.34. The molecule has 0 unspecified atom stereocenters. The summed E-state index contributed by atoms with van der Waals surface area (Å²) >= 11 is 0. The molecule has 5 nitrogen and oxygen atoms in total. The fourth-order valence-corrected chi connectivity index (χ4v) is 1.63. The molecule has 2 amide bonds. The van der Waals surface area contributed by atoms with Crippen molar-refractivity contribution in [1.82, 2.24) is 10.6 Å². The van der Waals surface area contributed by atoms with Crippen molar-refractivity contribution in [3.05, 3.63) is 29.8 Å². The fraction of sp³-hybridized carbons (Fsp3) is 0.429. The highest BCUT2D eigenvalue weighted by Crippen LogP contribution is 2.15. The number of benzene rings is 1. The van der Waals surface area contributed by atoms with Crippen LogP contribution in [0.15, 0.2) is 24.3 Å². The van der Waals surface area contributed by atoms with Crippen LogP contribution in [-0.2, 0) is 4.79 Å². The highest BCUT2D eigenvalue weighted by Gasteiger charge is 2.10. The molecule has 19 heavy (non-hydrogen) atoms. The molecule has 0 aliphatic rings. The van der Waals surface area contributed by atoms with E-state index in [9.17, 15) is 9.59 Å². The summed E-state index contributed by atoms with van der Waals surface area (Å²) in [5.74, 6) is -0.245. The van der Waals surface area contributed by atoms with E-state index in [2.05, 4.69) is 16.0 Å². The van der Waals surface area contributed by atoms with Crippen molar-refractivity contribution in [3.63, 3.8) is 0 Å². The lowest BCUT2D eigenvalue weighted by Crippen LogP contribution is -2.34. The van der Waals surface area contributed by atoms with Gasteiger partial charge >= 0.3 is 0 Å². The van der Waals surface area contributed by atoms with Crippen molar-refractivity contribution < 1.29 is 9.59 Å². The molecule has 0 bridgehead atoms. The van der Waals surface area contributed by atoms with Crippen LogP contribution in [0.5, 0.6) is 0 Å². The number of amides is 2. The number of hydrogen-bond donors (Lipinski definition) is 3. The minimum atomic E-state index is -0.144. The summed E-state index contributed by atoms with van der Waals surface area (Å²) in [4.78, 5) is 22.7. The van der Waals surface area contributed by atoms with Gasteiger partial charge in [-0.2, -0.15) is 0 Å². The van der Waals surface area contributed by atoms with Gasteiger partial charge in [0.15, 0.2) is 0 Å². The van der Waals surface area contributed by atoms with Gasteiger partial charge in [-0.1, -0.05) is 12.1 Å². The van der Waals surface area contributed by atoms with Crippen molar-refractivity contribution in [3.8, 4) is 0 Å². The number of hydrogen-bond acceptors (Lipinski definition) is 3.